The zero-order chi connectivity index (χ0) is 14.8. The summed E-state index contributed by atoms with van der Waals surface area (Å²) >= 11 is 0. The van der Waals surface area contributed by atoms with Crippen LogP contribution in [-0.4, -0.2) is 54.3 Å². The zero-order valence-corrected chi connectivity index (χ0v) is 11.5. The van der Waals surface area contributed by atoms with Gasteiger partial charge in [-0.25, -0.2) is 0 Å². The molecule has 21 heavy (non-hydrogen) atoms. The summed E-state index contributed by atoms with van der Waals surface area (Å²) in [7, 11) is 0. The van der Waals surface area contributed by atoms with Crippen LogP contribution >= 0.6 is 0 Å². The van der Waals surface area contributed by atoms with E-state index in [0.717, 1.165) is 17.7 Å². The minimum Gasteiger partial charge on any atom is -0.493 e. The fourth-order valence-corrected chi connectivity index (χ4v) is 2.58. The predicted molar refractivity (Wildman–Crippen MR) is 74.7 cm³/mol. The predicted octanol–water partition coefficient (Wildman–Crippen LogP) is 0.209. The summed E-state index contributed by atoms with van der Waals surface area (Å²) in [6, 6.07) is 5.47. The van der Waals surface area contributed by atoms with E-state index in [1.165, 1.54) is 0 Å². The summed E-state index contributed by atoms with van der Waals surface area (Å²) in [6.45, 7) is 1.79. The Kier molecular flexibility index (Phi) is 3.66. The fraction of sp³-hybridized carbons (Fsp3) is 0.429. The number of benzene rings is 1. The average Bonchev–Trinajstić information content (AvgIpc) is 3.01. The van der Waals surface area contributed by atoms with Crippen LogP contribution in [0.15, 0.2) is 23.4 Å². The van der Waals surface area contributed by atoms with E-state index in [2.05, 4.69) is 5.16 Å². The number of carbonyl (C=O) groups excluding carboxylic acids is 1. The van der Waals surface area contributed by atoms with Crippen LogP contribution in [0.4, 0.5) is 0 Å². The van der Waals surface area contributed by atoms with Crippen LogP contribution in [0.3, 0.4) is 0 Å². The first kappa shape index (κ1) is 13.7. The molecule has 112 valence electrons. The molecule has 1 fully saturated rings. The second-order valence-corrected chi connectivity index (χ2v) is 5.06. The van der Waals surface area contributed by atoms with Crippen molar-refractivity contribution in [2.75, 3.05) is 26.3 Å². The van der Waals surface area contributed by atoms with E-state index in [1.807, 2.05) is 12.1 Å². The number of morpholine rings is 1. The second kappa shape index (κ2) is 5.61. The first-order chi connectivity index (χ1) is 10.2. The Bertz CT molecular complexity index is 588. The monoisotopic (exact) mass is 291 g/mol. The highest BCUT2D eigenvalue weighted by atomic mass is 16.5. The van der Waals surface area contributed by atoms with E-state index in [0.29, 0.717) is 25.3 Å². The fourth-order valence-electron chi connectivity index (χ4n) is 2.58. The van der Waals surface area contributed by atoms with Crippen molar-refractivity contribution in [3.8, 4) is 5.75 Å². The molecular weight excluding hydrogens is 274 g/mol. The van der Waals surface area contributed by atoms with Crippen LogP contribution in [0.25, 0.3) is 0 Å². The Morgan fingerprint density at radius 3 is 3.10 bits per heavy atom. The van der Waals surface area contributed by atoms with Gasteiger partial charge in [0.2, 0.25) is 0 Å². The number of amidine groups is 1. The third kappa shape index (κ3) is 2.64. The topological polar surface area (TPSA) is 97.4 Å². The van der Waals surface area contributed by atoms with Crippen molar-refractivity contribution >= 4 is 11.7 Å². The van der Waals surface area contributed by atoms with Crippen molar-refractivity contribution in [1.29, 1.82) is 0 Å². The highest BCUT2D eigenvalue weighted by molar-refractivity contribution is 5.95. The van der Waals surface area contributed by atoms with Gasteiger partial charge >= 0.3 is 0 Å². The molecule has 3 rings (SSSR count). The van der Waals surface area contributed by atoms with Crippen LogP contribution in [0, 0.1) is 0 Å². The van der Waals surface area contributed by atoms with E-state index < -0.39 is 6.10 Å². The van der Waals surface area contributed by atoms with Gasteiger partial charge in [-0.15, -0.1) is 0 Å². The highest BCUT2D eigenvalue weighted by Crippen LogP contribution is 2.26. The van der Waals surface area contributed by atoms with Gasteiger partial charge in [-0.3, -0.25) is 4.79 Å². The lowest BCUT2D eigenvalue weighted by Gasteiger charge is -2.32. The van der Waals surface area contributed by atoms with Gasteiger partial charge in [-0.2, -0.15) is 0 Å². The number of nitrogens with zero attached hydrogens (tertiary/aromatic N) is 2. The van der Waals surface area contributed by atoms with E-state index in [-0.39, 0.29) is 18.3 Å². The maximum atomic E-state index is 12.5. The van der Waals surface area contributed by atoms with Crippen LogP contribution in [0.2, 0.25) is 0 Å². The first-order valence-electron chi connectivity index (χ1n) is 6.83. The van der Waals surface area contributed by atoms with Crippen LogP contribution in [0.1, 0.15) is 15.9 Å². The molecule has 1 aromatic rings. The molecule has 1 saturated heterocycles. The Morgan fingerprint density at radius 1 is 1.43 bits per heavy atom. The quantitative estimate of drug-likeness (QED) is 0.351. The molecular formula is C14H17N3O4. The van der Waals surface area contributed by atoms with E-state index in [9.17, 15) is 4.79 Å². The normalized spacial score (nSPS) is 21.8. The Morgan fingerprint density at radius 2 is 2.29 bits per heavy atom. The summed E-state index contributed by atoms with van der Waals surface area (Å²) in [5, 5.41) is 11.6. The molecule has 1 amide bonds. The largest absolute Gasteiger partial charge is 0.493 e. The minimum atomic E-state index is -0.564. The van der Waals surface area contributed by atoms with Gasteiger partial charge < -0.3 is 25.3 Å². The molecule has 0 spiro atoms. The molecule has 7 nitrogen and oxygen atoms in total. The van der Waals surface area contributed by atoms with Crippen LogP contribution in [-0.2, 0) is 11.2 Å². The van der Waals surface area contributed by atoms with Gasteiger partial charge in [0.15, 0.2) is 5.84 Å². The number of carbonyl (C=O) groups is 1. The van der Waals surface area contributed by atoms with Gasteiger partial charge in [0, 0.05) is 18.5 Å². The molecule has 1 aromatic carbocycles. The molecule has 0 radical (unpaired) electrons. The number of rotatable bonds is 2. The van der Waals surface area contributed by atoms with Crippen LogP contribution in [0.5, 0.6) is 5.75 Å². The number of oxime groups is 1. The van der Waals surface area contributed by atoms with Crippen molar-refractivity contribution in [2.45, 2.75) is 12.5 Å². The molecule has 0 aliphatic carbocycles. The average molecular weight is 291 g/mol. The summed E-state index contributed by atoms with van der Waals surface area (Å²) in [5.74, 6) is 0.752. The summed E-state index contributed by atoms with van der Waals surface area (Å²) in [6.07, 6.45) is 0.261. The van der Waals surface area contributed by atoms with Crippen molar-refractivity contribution in [3.63, 3.8) is 0 Å². The lowest BCUT2D eigenvalue weighted by molar-refractivity contribution is 0.00675. The van der Waals surface area contributed by atoms with Gasteiger partial charge in [0.05, 0.1) is 19.8 Å². The molecule has 1 unspecified atom stereocenters. The van der Waals surface area contributed by atoms with Crippen molar-refractivity contribution in [1.82, 2.24) is 4.90 Å². The lowest BCUT2D eigenvalue weighted by atomic mass is 10.1. The van der Waals surface area contributed by atoms with E-state index in [1.54, 1.807) is 11.0 Å². The van der Waals surface area contributed by atoms with Crippen LogP contribution < -0.4 is 10.5 Å². The molecule has 0 aromatic heterocycles. The third-order valence-corrected chi connectivity index (χ3v) is 3.74. The van der Waals surface area contributed by atoms with Gasteiger partial charge in [0.1, 0.15) is 11.9 Å². The third-order valence-electron chi connectivity index (χ3n) is 3.74. The molecule has 0 bridgehead atoms. The molecule has 3 N–H and O–H groups in total. The number of nitrogens with two attached hydrogens (primary N) is 1. The van der Waals surface area contributed by atoms with Gasteiger partial charge in [0.25, 0.3) is 5.91 Å². The number of amides is 1. The van der Waals surface area contributed by atoms with Crippen molar-refractivity contribution in [2.24, 2.45) is 10.9 Å². The first-order valence-corrected chi connectivity index (χ1v) is 6.83. The Hall–Kier alpha value is -2.28. The van der Waals surface area contributed by atoms with Gasteiger partial charge in [-0.05, 0) is 23.8 Å². The number of fused-ring (bicyclic) bond motifs is 1. The molecule has 2 aliphatic heterocycles. The Labute approximate surface area is 121 Å². The number of hydrogen-bond acceptors (Lipinski definition) is 5. The highest BCUT2D eigenvalue weighted by Gasteiger charge is 2.28. The minimum absolute atomic E-state index is 0.0187. The maximum absolute atomic E-state index is 12.5. The standard InChI is InChI=1S/C14H17N3O4/c15-13(16-19)12-8-17(4-6-21-12)14(18)10-1-2-11-9(7-10)3-5-20-11/h1-2,7,12,19H,3-6,8H2,(H2,15,16). The summed E-state index contributed by atoms with van der Waals surface area (Å²) < 4.78 is 10.8. The maximum Gasteiger partial charge on any atom is 0.254 e. The Balaban J connectivity index is 1.75. The number of hydrogen-bond donors (Lipinski definition) is 2. The molecule has 0 saturated carbocycles. The summed E-state index contributed by atoms with van der Waals surface area (Å²) in [5.41, 5.74) is 7.22. The lowest BCUT2D eigenvalue weighted by Crippen LogP contribution is -2.50. The molecule has 2 aliphatic rings. The van der Waals surface area contributed by atoms with E-state index in [4.69, 9.17) is 20.4 Å². The summed E-state index contributed by atoms with van der Waals surface area (Å²) in [4.78, 5) is 14.2. The zero-order valence-electron chi connectivity index (χ0n) is 11.5. The van der Waals surface area contributed by atoms with Crippen molar-refractivity contribution < 1.29 is 19.5 Å². The smallest absolute Gasteiger partial charge is 0.254 e. The van der Waals surface area contributed by atoms with Gasteiger partial charge in [-0.1, -0.05) is 5.16 Å². The van der Waals surface area contributed by atoms with E-state index >= 15 is 0 Å². The SMILES string of the molecule is NC(=NO)C1CN(C(=O)c2ccc3c(c2)CCO3)CCO1. The van der Waals surface area contributed by atoms with Crippen molar-refractivity contribution in [3.05, 3.63) is 29.3 Å². The second-order valence-electron chi connectivity index (χ2n) is 5.06. The molecule has 2 heterocycles. The molecule has 7 heteroatoms. The number of ether oxygens (including phenoxy) is 2. The molecule has 1 atom stereocenters.